The van der Waals surface area contributed by atoms with Crippen LogP contribution in [0.15, 0.2) is 42.5 Å². The maximum atomic E-state index is 13.0. The first kappa shape index (κ1) is 16.6. The molecule has 4 nitrogen and oxygen atoms in total. The number of carbonyl (C=O) groups is 1. The molecule has 0 atom stereocenters. The average molecular weight is 327 g/mol. The van der Waals surface area contributed by atoms with Crippen LogP contribution < -0.4 is 10.2 Å². The van der Waals surface area contributed by atoms with Crippen molar-refractivity contribution in [3.8, 4) is 0 Å². The van der Waals surface area contributed by atoms with Crippen molar-refractivity contribution in [1.82, 2.24) is 10.3 Å². The van der Waals surface area contributed by atoms with Crippen LogP contribution in [0.5, 0.6) is 0 Å². The SMILES string of the molecule is CN(c1cccc(CC(=O)c2ccc(F)cc2)n1)C1CCNCC1. The number of anilines is 1. The van der Waals surface area contributed by atoms with Gasteiger partial charge in [-0.25, -0.2) is 9.37 Å². The van der Waals surface area contributed by atoms with Crippen LogP contribution in [0, 0.1) is 5.82 Å². The number of nitrogens with zero attached hydrogens (tertiary/aromatic N) is 2. The van der Waals surface area contributed by atoms with E-state index in [1.807, 2.05) is 18.2 Å². The fraction of sp³-hybridized carbons (Fsp3) is 0.368. The van der Waals surface area contributed by atoms with Crippen LogP contribution in [-0.4, -0.2) is 36.9 Å². The topological polar surface area (TPSA) is 45.2 Å². The molecule has 126 valence electrons. The molecule has 1 aromatic heterocycles. The summed E-state index contributed by atoms with van der Waals surface area (Å²) in [5.41, 5.74) is 1.25. The lowest BCUT2D eigenvalue weighted by Crippen LogP contribution is -2.41. The standard InChI is InChI=1S/C19H22FN3O/c1-23(17-9-11-21-12-10-17)19-4-2-3-16(22-19)13-18(24)14-5-7-15(20)8-6-14/h2-8,17,21H,9-13H2,1H3. The number of Topliss-reactive ketones (excluding diaryl/α,β-unsaturated/α-hetero) is 1. The van der Waals surface area contributed by atoms with Gasteiger partial charge in [0, 0.05) is 18.7 Å². The fourth-order valence-electron chi connectivity index (χ4n) is 3.05. The summed E-state index contributed by atoms with van der Waals surface area (Å²) >= 11 is 0. The second-order valence-electron chi connectivity index (χ2n) is 6.19. The molecule has 0 radical (unpaired) electrons. The number of ketones is 1. The Kier molecular flexibility index (Phi) is 5.20. The average Bonchev–Trinajstić information content (AvgIpc) is 2.62. The third kappa shape index (κ3) is 3.97. The van der Waals surface area contributed by atoms with Gasteiger partial charge in [0.15, 0.2) is 5.78 Å². The number of aromatic nitrogens is 1. The van der Waals surface area contributed by atoms with Crippen molar-refractivity contribution in [2.24, 2.45) is 0 Å². The number of rotatable bonds is 5. The van der Waals surface area contributed by atoms with Crippen molar-refractivity contribution in [3.05, 3.63) is 59.5 Å². The van der Waals surface area contributed by atoms with E-state index in [1.165, 1.54) is 24.3 Å². The van der Waals surface area contributed by atoms with Crippen LogP contribution in [0.1, 0.15) is 28.9 Å². The Hall–Kier alpha value is -2.27. The molecule has 2 aromatic rings. The van der Waals surface area contributed by atoms with Gasteiger partial charge in [0.25, 0.3) is 0 Å². The summed E-state index contributed by atoms with van der Waals surface area (Å²) in [6.07, 6.45) is 2.41. The minimum atomic E-state index is -0.338. The van der Waals surface area contributed by atoms with E-state index >= 15 is 0 Å². The fourth-order valence-corrected chi connectivity index (χ4v) is 3.05. The molecular weight excluding hydrogens is 305 g/mol. The maximum Gasteiger partial charge on any atom is 0.168 e. The van der Waals surface area contributed by atoms with Gasteiger partial charge in [-0.2, -0.15) is 0 Å². The first-order chi connectivity index (χ1) is 11.6. The van der Waals surface area contributed by atoms with Crippen molar-refractivity contribution in [3.63, 3.8) is 0 Å². The van der Waals surface area contributed by atoms with Crippen LogP contribution in [0.25, 0.3) is 0 Å². The monoisotopic (exact) mass is 327 g/mol. The minimum Gasteiger partial charge on any atom is -0.357 e. The normalized spacial score (nSPS) is 15.2. The summed E-state index contributed by atoms with van der Waals surface area (Å²) < 4.78 is 13.0. The smallest absolute Gasteiger partial charge is 0.168 e. The predicted molar refractivity (Wildman–Crippen MR) is 93.0 cm³/mol. The maximum absolute atomic E-state index is 13.0. The van der Waals surface area contributed by atoms with Gasteiger partial charge in [-0.3, -0.25) is 4.79 Å². The zero-order valence-corrected chi connectivity index (χ0v) is 13.8. The van der Waals surface area contributed by atoms with Crippen molar-refractivity contribution in [2.45, 2.75) is 25.3 Å². The Morgan fingerprint density at radius 1 is 1.21 bits per heavy atom. The molecular formula is C19H22FN3O. The van der Waals surface area contributed by atoms with Crippen LogP contribution in [-0.2, 0) is 6.42 Å². The molecule has 0 spiro atoms. The number of pyridine rings is 1. The highest BCUT2D eigenvalue weighted by Crippen LogP contribution is 2.19. The molecule has 24 heavy (non-hydrogen) atoms. The summed E-state index contributed by atoms with van der Waals surface area (Å²) in [7, 11) is 2.06. The molecule has 1 fully saturated rings. The number of carbonyl (C=O) groups excluding carboxylic acids is 1. The molecule has 0 bridgehead atoms. The van der Waals surface area contributed by atoms with Gasteiger partial charge in [0.2, 0.25) is 0 Å². The molecule has 0 saturated carbocycles. The van der Waals surface area contributed by atoms with E-state index in [9.17, 15) is 9.18 Å². The van der Waals surface area contributed by atoms with Crippen molar-refractivity contribution >= 4 is 11.6 Å². The van der Waals surface area contributed by atoms with Gasteiger partial charge in [0.1, 0.15) is 11.6 Å². The Balaban J connectivity index is 1.70. The lowest BCUT2D eigenvalue weighted by atomic mass is 10.0. The van der Waals surface area contributed by atoms with E-state index in [2.05, 4.69) is 22.2 Å². The molecule has 0 unspecified atom stereocenters. The molecule has 1 N–H and O–H groups in total. The molecule has 5 heteroatoms. The van der Waals surface area contributed by atoms with Crippen molar-refractivity contribution < 1.29 is 9.18 Å². The lowest BCUT2D eigenvalue weighted by Gasteiger charge is -2.32. The zero-order chi connectivity index (χ0) is 16.9. The summed E-state index contributed by atoms with van der Waals surface area (Å²) in [5.74, 6) is 0.505. The number of piperidine rings is 1. The van der Waals surface area contributed by atoms with E-state index in [0.717, 1.165) is 37.4 Å². The summed E-state index contributed by atoms with van der Waals surface area (Å²) in [4.78, 5) is 19.2. The molecule has 1 aliphatic rings. The third-order valence-corrected chi connectivity index (χ3v) is 4.52. The van der Waals surface area contributed by atoms with Gasteiger partial charge in [-0.05, 0) is 62.3 Å². The molecule has 3 rings (SSSR count). The first-order valence-corrected chi connectivity index (χ1v) is 8.32. The van der Waals surface area contributed by atoms with Crippen LogP contribution in [0.2, 0.25) is 0 Å². The van der Waals surface area contributed by atoms with E-state index in [-0.39, 0.29) is 18.0 Å². The van der Waals surface area contributed by atoms with Gasteiger partial charge in [0.05, 0.1) is 12.1 Å². The zero-order valence-electron chi connectivity index (χ0n) is 13.8. The molecule has 0 amide bonds. The van der Waals surface area contributed by atoms with E-state index in [0.29, 0.717) is 11.6 Å². The van der Waals surface area contributed by atoms with Gasteiger partial charge in [-0.15, -0.1) is 0 Å². The first-order valence-electron chi connectivity index (χ1n) is 8.32. The third-order valence-electron chi connectivity index (χ3n) is 4.52. The highest BCUT2D eigenvalue weighted by Gasteiger charge is 2.19. The predicted octanol–water partition coefficient (Wildman–Crippen LogP) is 2.83. The second-order valence-corrected chi connectivity index (χ2v) is 6.19. The second kappa shape index (κ2) is 7.53. The van der Waals surface area contributed by atoms with Crippen LogP contribution >= 0.6 is 0 Å². The van der Waals surface area contributed by atoms with E-state index in [4.69, 9.17) is 0 Å². The number of hydrogen-bond acceptors (Lipinski definition) is 4. The van der Waals surface area contributed by atoms with Gasteiger partial charge < -0.3 is 10.2 Å². The quantitative estimate of drug-likeness (QED) is 0.858. The molecule has 1 aliphatic heterocycles. The summed E-state index contributed by atoms with van der Waals surface area (Å²) in [5, 5.41) is 3.36. The minimum absolute atomic E-state index is 0.0517. The number of halogens is 1. The van der Waals surface area contributed by atoms with E-state index < -0.39 is 0 Å². The Labute approximate surface area is 141 Å². The van der Waals surface area contributed by atoms with Crippen LogP contribution in [0.3, 0.4) is 0 Å². The van der Waals surface area contributed by atoms with Crippen LogP contribution in [0.4, 0.5) is 10.2 Å². The van der Waals surface area contributed by atoms with Crippen molar-refractivity contribution in [2.75, 3.05) is 25.0 Å². The largest absolute Gasteiger partial charge is 0.357 e. The van der Waals surface area contributed by atoms with Gasteiger partial charge >= 0.3 is 0 Å². The molecule has 1 saturated heterocycles. The summed E-state index contributed by atoms with van der Waals surface area (Å²) in [6, 6.07) is 11.9. The highest BCUT2D eigenvalue weighted by molar-refractivity contribution is 5.97. The Morgan fingerprint density at radius 2 is 1.92 bits per heavy atom. The number of nitrogens with one attached hydrogen (secondary N) is 1. The highest BCUT2D eigenvalue weighted by atomic mass is 19.1. The number of hydrogen-bond donors (Lipinski definition) is 1. The number of benzene rings is 1. The molecule has 0 aliphatic carbocycles. The lowest BCUT2D eigenvalue weighted by molar-refractivity contribution is 0.0992. The Bertz CT molecular complexity index is 696. The Morgan fingerprint density at radius 3 is 2.62 bits per heavy atom. The van der Waals surface area contributed by atoms with E-state index in [1.54, 1.807) is 0 Å². The van der Waals surface area contributed by atoms with Crippen molar-refractivity contribution in [1.29, 1.82) is 0 Å². The summed E-state index contributed by atoms with van der Waals surface area (Å²) in [6.45, 7) is 2.05. The molecule has 2 heterocycles. The molecule has 1 aromatic carbocycles. The van der Waals surface area contributed by atoms with Gasteiger partial charge in [-0.1, -0.05) is 6.07 Å².